The summed E-state index contributed by atoms with van der Waals surface area (Å²) in [7, 11) is 0. The highest BCUT2D eigenvalue weighted by Gasteiger charge is 2.21. The van der Waals surface area contributed by atoms with E-state index in [1.165, 1.54) is 29.8 Å². The summed E-state index contributed by atoms with van der Waals surface area (Å²) in [5.74, 6) is 0. The molecule has 2 aromatic carbocycles. The second-order valence-electron chi connectivity index (χ2n) is 7.48. The van der Waals surface area contributed by atoms with Crippen LogP contribution in [0.25, 0.3) is 0 Å². The van der Waals surface area contributed by atoms with Crippen molar-refractivity contribution in [2.45, 2.75) is 19.8 Å². The minimum absolute atomic E-state index is 0.00665. The number of carbonyl (C=O) groups excluding carboxylic acids is 1. The smallest absolute Gasteiger partial charge is 0.321 e. The van der Waals surface area contributed by atoms with E-state index in [0.717, 1.165) is 45.0 Å². The van der Waals surface area contributed by atoms with Gasteiger partial charge in [-0.2, -0.15) is 0 Å². The Morgan fingerprint density at radius 3 is 2.15 bits per heavy atom. The molecule has 2 aliphatic rings. The number of aryl methyl sites for hydroxylation is 1. The van der Waals surface area contributed by atoms with E-state index in [2.05, 4.69) is 58.4 Å². The summed E-state index contributed by atoms with van der Waals surface area (Å²) in [6.45, 7) is 7.60. The predicted octanol–water partition coefficient (Wildman–Crippen LogP) is 3.95. The lowest BCUT2D eigenvalue weighted by Crippen LogP contribution is -2.50. The highest BCUT2D eigenvalue weighted by Crippen LogP contribution is 2.22. The van der Waals surface area contributed by atoms with Crippen LogP contribution < -0.4 is 15.1 Å². The second-order valence-corrected chi connectivity index (χ2v) is 7.48. The molecule has 2 aromatic rings. The zero-order chi connectivity index (χ0) is 18.6. The van der Waals surface area contributed by atoms with Crippen molar-refractivity contribution in [1.29, 1.82) is 0 Å². The Morgan fingerprint density at radius 2 is 1.48 bits per heavy atom. The zero-order valence-corrected chi connectivity index (χ0v) is 16.0. The Bertz CT molecular complexity index is 775. The monoisotopic (exact) mass is 364 g/mol. The molecule has 0 spiro atoms. The number of nitrogens with zero attached hydrogens (tertiary/aromatic N) is 3. The predicted molar refractivity (Wildman–Crippen MR) is 112 cm³/mol. The lowest BCUT2D eigenvalue weighted by atomic mass is 10.2. The van der Waals surface area contributed by atoms with Crippen molar-refractivity contribution in [2.24, 2.45) is 0 Å². The number of benzene rings is 2. The van der Waals surface area contributed by atoms with Gasteiger partial charge in [0.25, 0.3) is 0 Å². The van der Waals surface area contributed by atoms with Gasteiger partial charge in [0.1, 0.15) is 0 Å². The van der Waals surface area contributed by atoms with Crippen LogP contribution in [-0.2, 0) is 0 Å². The summed E-state index contributed by atoms with van der Waals surface area (Å²) < 4.78 is 0. The van der Waals surface area contributed by atoms with Gasteiger partial charge in [-0.3, -0.25) is 0 Å². The molecule has 0 saturated carbocycles. The third-order valence-corrected chi connectivity index (χ3v) is 5.52. The first-order valence-corrected chi connectivity index (χ1v) is 9.92. The second kappa shape index (κ2) is 7.91. The van der Waals surface area contributed by atoms with Gasteiger partial charge >= 0.3 is 6.03 Å². The molecule has 2 heterocycles. The van der Waals surface area contributed by atoms with Gasteiger partial charge in [0.05, 0.1) is 0 Å². The van der Waals surface area contributed by atoms with Crippen LogP contribution in [0, 0.1) is 6.92 Å². The van der Waals surface area contributed by atoms with Gasteiger partial charge in [-0.15, -0.1) is 0 Å². The van der Waals surface area contributed by atoms with E-state index in [1.807, 2.05) is 17.0 Å². The minimum Gasteiger partial charge on any atom is -0.372 e. The summed E-state index contributed by atoms with van der Waals surface area (Å²) in [6, 6.07) is 16.8. The topological polar surface area (TPSA) is 38.8 Å². The fourth-order valence-corrected chi connectivity index (χ4v) is 3.93. The Hall–Kier alpha value is -2.69. The molecule has 2 aliphatic heterocycles. The molecule has 2 amide bonds. The number of rotatable bonds is 3. The van der Waals surface area contributed by atoms with Crippen molar-refractivity contribution in [2.75, 3.05) is 54.4 Å². The summed E-state index contributed by atoms with van der Waals surface area (Å²) in [4.78, 5) is 19.2. The van der Waals surface area contributed by atoms with Crippen molar-refractivity contribution < 1.29 is 4.79 Å². The van der Waals surface area contributed by atoms with Crippen LogP contribution in [0.5, 0.6) is 0 Å². The molecular formula is C22H28N4O. The molecule has 4 rings (SSSR count). The highest BCUT2D eigenvalue weighted by atomic mass is 16.2. The maximum Gasteiger partial charge on any atom is 0.321 e. The molecule has 27 heavy (non-hydrogen) atoms. The molecular weight excluding hydrogens is 336 g/mol. The number of hydrogen-bond acceptors (Lipinski definition) is 3. The number of amides is 2. The molecule has 0 aliphatic carbocycles. The van der Waals surface area contributed by atoms with E-state index in [4.69, 9.17) is 0 Å². The van der Waals surface area contributed by atoms with Crippen LogP contribution in [0.2, 0.25) is 0 Å². The average Bonchev–Trinajstić information content (AvgIpc) is 3.23. The molecule has 2 fully saturated rings. The zero-order valence-electron chi connectivity index (χ0n) is 16.0. The molecule has 0 atom stereocenters. The van der Waals surface area contributed by atoms with E-state index in [9.17, 15) is 4.79 Å². The van der Waals surface area contributed by atoms with Crippen molar-refractivity contribution in [1.82, 2.24) is 4.90 Å². The van der Waals surface area contributed by atoms with Gasteiger partial charge in [-0.05, 0) is 61.7 Å². The molecule has 5 nitrogen and oxygen atoms in total. The Kier molecular flexibility index (Phi) is 5.19. The molecule has 0 radical (unpaired) electrons. The first kappa shape index (κ1) is 17.7. The number of urea groups is 1. The highest BCUT2D eigenvalue weighted by molar-refractivity contribution is 5.89. The fraction of sp³-hybridized carbons (Fsp3) is 0.409. The van der Waals surface area contributed by atoms with Crippen molar-refractivity contribution in [3.8, 4) is 0 Å². The van der Waals surface area contributed by atoms with Gasteiger partial charge in [-0.25, -0.2) is 4.79 Å². The standard InChI is InChI=1S/C22H28N4O/c1-18-5-4-6-21(17-18)25-13-15-26(16-14-25)22(27)23-19-7-9-20(10-8-19)24-11-2-3-12-24/h4-10,17H,2-3,11-16H2,1H3,(H,23,27). The van der Waals surface area contributed by atoms with Crippen molar-refractivity contribution >= 4 is 23.1 Å². The van der Waals surface area contributed by atoms with Gasteiger partial charge in [0.2, 0.25) is 0 Å². The molecule has 0 aromatic heterocycles. The summed E-state index contributed by atoms with van der Waals surface area (Å²) >= 11 is 0. The number of hydrogen-bond donors (Lipinski definition) is 1. The first-order valence-electron chi connectivity index (χ1n) is 9.92. The molecule has 2 saturated heterocycles. The van der Waals surface area contributed by atoms with E-state index >= 15 is 0 Å². The van der Waals surface area contributed by atoms with Crippen LogP contribution in [0.4, 0.5) is 21.9 Å². The van der Waals surface area contributed by atoms with E-state index in [1.54, 1.807) is 0 Å². The maximum absolute atomic E-state index is 12.6. The third kappa shape index (κ3) is 4.18. The van der Waals surface area contributed by atoms with Crippen molar-refractivity contribution in [3.05, 3.63) is 54.1 Å². The SMILES string of the molecule is Cc1cccc(N2CCN(C(=O)Nc3ccc(N4CCCC4)cc3)CC2)c1. The van der Waals surface area contributed by atoms with E-state index in [-0.39, 0.29) is 6.03 Å². The summed E-state index contributed by atoms with van der Waals surface area (Å²) in [6.07, 6.45) is 2.54. The van der Waals surface area contributed by atoms with Gasteiger partial charge in [0.15, 0.2) is 0 Å². The fourth-order valence-electron chi connectivity index (χ4n) is 3.93. The number of piperazine rings is 1. The Morgan fingerprint density at radius 1 is 0.815 bits per heavy atom. The Balaban J connectivity index is 1.30. The van der Waals surface area contributed by atoms with E-state index in [0.29, 0.717) is 0 Å². The summed E-state index contributed by atoms with van der Waals surface area (Å²) in [5, 5.41) is 3.04. The van der Waals surface area contributed by atoms with Crippen LogP contribution in [-0.4, -0.2) is 50.2 Å². The largest absolute Gasteiger partial charge is 0.372 e. The van der Waals surface area contributed by atoms with Gasteiger partial charge < -0.3 is 20.0 Å². The maximum atomic E-state index is 12.6. The normalized spacial score (nSPS) is 17.3. The van der Waals surface area contributed by atoms with Crippen LogP contribution >= 0.6 is 0 Å². The third-order valence-electron chi connectivity index (χ3n) is 5.52. The summed E-state index contributed by atoms with van der Waals surface area (Å²) in [5.41, 5.74) is 4.62. The Labute approximate surface area is 161 Å². The molecule has 0 unspecified atom stereocenters. The van der Waals surface area contributed by atoms with E-state index < -0.39 is 0 Å². The molecule has 1 N–H and O–H groups in total. The molecule has 142 valence electrons. The van der Waals surface area contributed by atoms with Crippen LogP contribution in [0.3, 0.4) is 0 Å². The quantitative estimate of drug-likeness (QED) is 0.896. The van der Waals surface area contributed by atoms with Crippen LogP contribution in [0.1, 0.15) is 18.4 Å². The van der Waals surface area contributed by atoms with Gasteiger partial charge in [0, 0.05) is 56.3 Å². The molecule has 0 bridgehead atoms. The lowest BCUT2D eigenvalue weighted by molar-refractivity contribution is 0.208. The average molecular weight is 364 g/mol. The number of carbonyl (C=O) groups is 1. The van der Waals surface area contributed by atoms with Crippen LogP contribution in [0.15, 0.2) is 48.5 Å². The van der Waals surface area contributed by atoms with Crippen molar-refractivity contribution in [3.63, 3.8) is 0 Å². The molecule has 5 heteroatoms. The number of anilines is 3. The first-order chi connectivity index (χ1) is 13.2. The van der Waals surface area contributed by atoms with Gasteiger partial charge in [-0.1, -0.05) is 12.1 Å². The number of nitrogens with one attached hydrogen (secondary N) is 1. The lowest BCUT2D eigenvalue weighted by Gasteiger charge is -2.36. The minimum atomic E-state index is -0.00665.